The van der Waals surface area contributed by atoms with Crippen molar-refractivity contribution in [3.8, 4) is 20.9 Å². The van der Waals surface area contributed by atoms with Gasteiger partial charge in [-0.25, -0.2) is 17.6 Å². The second-order valence-corrected chi connectivity index (χ2v) is 28.4. The van der Waals surface area contributed by atoms with Gasteiger partial charge in [-0.15, -0.1) is 22.7 Å². The van der Waals surface area contributed by atoms with Crippen molar-refractivity contribution in [3.63, 3.8) is 0 Å². The fourth-order valence-corrected chi connectivity index (χ4v) is 14.7. The summed E-state index contributed by atoms with van der Waals surface area (Å²) in [6.07, 6.45) is 4.62. The minimum Gasteiger partial charge on any atom is -0.455 e. The molecule has 0 N–H and O–H groups in total. The Morgan fingerprint density at radius 3 is 1.19 bits per heavy atom. The molecule has 14 aromatic rings. The molecule has 15 heteroatoms. The summed E-state index contributed by atoms with van der Waals surface area (Å²) < 4.78 is 69.6. The van der Waals surface area contributed by atoms with Gasteiger partial charge in [-0.1, -0.05) is 114 Å². The molecule has 16 rings (SSSR count). The van der Waals surface area contributed by atoms with E-state index >= 15 is 0 Å². The number of Topliss-reactive ketones (excluding diaryl/α,β-unsaturated/α-hetero) is 4. The number of fused-ring (bicyclic) bond motifs is 8. The second-order valence-electron chi connectivity index (χ2n) is 26.3. The van der Waals surface area contributed by atoms with E-state index < -0.39 is 23.2 Å². The van der Waals surface area contributed by atoms with Crippen molar-refractivity contribution < 1.29 is 45.6 Å². The topological polar surface area (TPSA) is 114 Å². The normalized spacial score (nSPS) is 13.0. The van der Waals surface area contributed by atoms with Crippen molar-refractivity contribution in [1.82, 2.24) is 4.98 Å². The van der Waals surface area contributed by atoms with Crippen LogP contribution in [0.15, 0.2) is 245 Å². The standard InChI is InChI=1S/C46H39NO3S.C37H18F4N2O3S/c1-45(2,3)30-15-19-32(20-16-30)47(33-21-17-31(18-22-33)46(4,5)6)34-23-24-37-39(26-34)50-40-27-41(51-44(37)40)29-13-11-28(12-14-29)25-38-42(48)35-9-7-8-10-36(35)43(38)49;38-20-2-7-23(8-3-20)43(24-9-4-21(39)5-10-24)25-11-12-26-32(14-25)46-33-17-34(47-37(26)33)19-1-6-22(42-18-19)13-29-35(44)27-15-30(40)31(41)16-28(27)36(29)45/h7-27H,1-6H3;1-18H. The highest BCUT2D eigenvalue weighted by Crippen LogP contribution is 2.46. The summed E-state index contributed by atoms with van der Waals surface area (Å²) in [6.45, 7) is 13.4. The van der Waals surface area contributed by atoms with Crippen molar-refractivity contribution in [2.45, 2.75) is 52.4 Å². The lowest BCUT2D eigenvalue weighted by Gasteiger charge is -2.28. The van der Waals surface area contributed by atoms with Crippen LogP contribution >= 0.6 is 22.7 Å². The maximum absolute atomic E-state index is 13.7. The highest BCUT2D eigenvalue weighted by Gasteiger charge is 2.36. The Morgan fingerprint density at radius 1 is 0.388 bits per heavy atom. The van der Waals surface area contributed by atoms with E-state index in [-0.39, 0.29) is 56.3 Å². The van der Waals surface area contributed by atoms with Crippen LogP contribution in [0.1, 0.15) is 105 Å². The summed E-state index contributed by atoms with van der Waals surface area (Å²) in [7, 11) is 0. The Balaban J connectivity index is 0.000000161. The first-order chi connectivity index (χ1) is 47.1. The first kappa shape index (κ1) is 62.7. The van der Waals surface area contributed by atoms with Crippen molar-refractivity contribution in [2.24, 2.45) is 0 Å². The molecule has 2 aliphatic rings. The molecule has 480 valence electrons. The predicted octanol–water partition coefficient (Wildman–Crippen LogP) is 23.0. The molecule has 98 heavy (non-hydrogen) atoms. The van der Waals surface area contributed by atoms with Crippen LogP contribution in [-0.2, 0) is 10.8 Å². The molecule has 0 radical (unpaired) electrons. The third-order valence-electron chi connectivity index (χ3n) is 17.7. The molecule has 5 heterocycles. The molecule has 5 aromatic heterocycles. The van der Waals surface area contributed by atoms with Gasteiger partial charge >= 0.3 is 0 Å². The van der Waals surface area contributed by atoms with Crippen molar-refractivity contribution in [2.75, 3.05) is 9.80 Å². The van der Waals surface area contributed by atoms with Crippen molar-refractivity contribution >= 4 is 135 Å². The van der Waals surface area contributed by atoms with Crippen LogP contribution in [0.5, 0.6) is 0 Å². The SMILES string of the molecule is CC(C)(C)c1ccc(N(c2ccc(C(C)(C)C)cc2)c2ccc3c(c2)oc2cc(-c4ccc(C=C5C(=O)c6ccccc6C5=O)cc4)sc23)cc1.O=C1C(=Cc2ccc(-c3cc4oc5cc(N(c6ccc(F)cc6)c6ccc(F)cc6)ccc5c4s3)cn2)C(=O)c2cc(F)c(F)cc21. The lowest BCUT2D eigenvalue weighted by molar-refractivity contribution is 0.0975. The lowest BCUT2D eigenvalue weighted by atomic mass is 9.86. The number of nitrogens with zero attached hydrogens (tertiary/aromatic N) is 3. The molecular weight excluding hydrogens is 1280 g/mol. The van der Waals surface area contributed by atoms with Crippen LogP contribution in [0, 0.1) is 23.3 Å². The summed E-state index contributed by atoms with van der Waals surface area (Å²) in [6, 6.07) is 65.9. The molecule has 2 aliphatic carbocycles. The molecule has 0 atom stereocenters. The number of carbonyl (C=O) groups excluding carboxylic acids is 4. The van der Waals surface area contributed by atoms with Crippen LogP contribution in [0.2, 0.25) is 0 Å². The quantitative estimate of drug-likeness (QED) is 0.0750. The average Bonchev–Trinajstić information content (AvgIpc) is 1.60. The van der Waals surface area contributed by atoms with Crippen LogP contribution in [-0.4, -0.2) is 28.1 Å². The fraction of sp³-hybridized carbons (Fsp3) is 0.0964. The van der Waals surface area contributed by atoms with Gasteiger partial charge in [0.25, 0.3) is 0 Å². The Kier molecular flexibility index (Phi) is 15.6. The van der Waals surface area contributed by atoms with Crippen LogP contribution in [0.3, 0.4) is 0 Å². The number of hydrogen-bond acceptors (Lipinski definition) is 11. The highest BCUT2D eigenvalue weighted by molar-refractivity contribution is 7.23. The zero-order valence-electron chi connectivity index (χ0n) is 53.6. The van der Waals surface area contributed by atoms with E-state index in [1.165, 1.54) is 52.8 Å². The maximum Gasteiger partial charge on any atom is 0.197 e. The van der Waals surface area contributed by atoms with Gasteiger partial charge in [0, 0.05) is 113 Å². The van der Waals surface area contributed by atoms with Gasteiger partial charge < -0.3 is 18.6 Å². The van der Waals surface area contributed by atoms with Gasteiger partial charge in [0.2, 0.25) is 0 Å². The van der Waals surface area contributed by atoms with Crippen molar-refractivity contribution in [3.05, 3.63) is 304 Å². The Labute approximate surface area is 568 Å². The van der Waals surface area contributed by atoms with Gasteiger partial charge in [-0.3, -0.25) is 24.2 Å². The van der Waals surface area contributed by atoms with E-state index in [1.807, 2.05) is 53.4 Å². The summed E-state index contributed by atoms with van der Waals surface area (Å²) >= 11 is 3.21. The number of ketones is 4. The van der Waals surface area contributed by atoms with Gasteiger partial charge in [0.05, 0.1) is 26.2 Å². The van der Waals surface area contributed by atoms with Gasteiger partial charge in [-0.05, 0) is 167 Å². The molecule has 0 unspecified atom stereocenters. The first-order valence-corrected chi connectivity index (χ1v) is 33.2. The fourth-order valence-electron chi connectivity index (χ4n) is 12.5. The zero-order valence-corrected chi connectivity index (χ0v) is 55.3. The van der Waals surface area contributed by atoms with E-state index in [1.54, 1.807) is 84.3 Å². The van der Waals surface area contributed by atoms with Crippen LogP contribution in [0.25, 0.3) is 75.5 Å². The second kappa shape index (κ2) is 24.4. The number of hydrogen-bond donors (Lipinski definition) is 0. The first-order valence-electron chi connectivity index (χ1n) is 31.6. The third kappa shape index (κ3) is 11.6. The molecule has 0 saturated heterocycles. The Bertz CT molecular complexity index is 5450. The number of anilines is 6. The maximum atomic E-state index is 13.7. The average molecular weight is 1330 g/mol. The van der Waals surface area contributed by atoms with E-state index in [9.17, 15) is 36.7 Å². The van der Waals surface area contributed by atoms with Crippen LogP contribution in [0.4, 0.5) is 51.7 Å². The molecule has 0 fully saturated rings. The molecular formula is C83H57F4N3O6S2. The van der Waals surface area contributed by atoms with Gasteiger partial charge in [-0.2, -0.15) is 0 Å². The van der Waals surface area contributed by atoms with E-state index in [0.29, 0.717) is 39.4 Å². The number of thiophene rings is 2. The van der Waals surface area contributed by atoms with Crippen LogP contribution < -0.4 is 9.80 Å². The number of benzene rings is 9. The molecule has 0 spiro atoms. The number of rotatable bonds is 10. The summed E-state index contributed by atoms with van der Waals surface area (Å²) in [5.74, 6) is -4.91. The van der Waals surface area contributed by atoms with Gasteiger partial charge in [0.1, 0.15) is 34.0 Å². The molecule has 0 amide bonds. The molecule has 0 bridgehead atoms. The molecule has 0 saturated carbocycles. The largest absolute Gasteiger partial charge is 0.455 e. The van der Waals surface area contributed by atoms with E-state index in [0.717, 1.165) is 92.7 Å². The van der Waals surface area contributed by atoms with E-state index in [2.05, 4.69) is 124 Å². The number of carbonyl (C=O) groups is 4. The summed E-state index contributed by atoms with van der Waals surface area (Å²) in [4.78, 5) is 61.7. The molecule has 9 nitrogen and oxygen atoms in total. The number of pyridine rings is 1. The molecule has 0 aliphatic heterocycles. The lowest BCUT2D eigenvalue weighted by Crippen LogP contribution is -2.14. The minimum atomic E-state index is -1.19. The Hall–Kier alpha value is -11.4. The summed E-state index contributed by atoms with van der Waals surface area (Å²) in [5, 5.41) is 1.97. The Morgan fingerprint density at radius 2 is 0.776 bits per heavy atom. The molecule has 9 aromatic carbocycles. The predicted molar refractivity (Wildman–Crippen MR) is 385 cm³/mol. The number of halogens is 4. The number of furan rings is 2. The zero-order chi connectivity index (χ0) is 68.1. The minimum absolute atomic E-state index is 0.0680. The monoisotopic (exact) mass is 1330 g/mol. The van der Waals surface area contributed by atoms with E-state index in [4.69, 9.17) is 8.83 Å². The number of aromatic nitrogens is 1. The van der Waals surface area contributed by atoms with Crippen molar-refractivity contribution in [1.29, 1.82) is 0 Å². The smallest absolute Gasteiger partial charge is 0.197 e. The van der Waals surface area contributed by atoms with Gasteiger partial charge in [0.15, 0.2) is 34.8 Å². The summed E-state index contributed by atoms with van der Waals surface area (Å²) in [5.41, 5.74) is 14.6. The number of allylic oxidation sites excluding steroid dienone is 2. The third-order valence-corrected chi connectivity index (χ3v) is 20.1. The highest BCUT2D eigenvalue weighted by atomic mass is 32.1.